The molecule has 0 aliphatic rings. The number of aliphatic hydroxyl groups excluding tert-OH is 1. The molecule has 0 saturated carbocycles. The lowest BCUT2D eigenvalue weighted by atomic mass is 9.93. The van der Waals surface area contributed by atoms with Crippen molar-refractivity contribution in [1.82, 2.24) is 4.72 Å². The van der Waals surface area contributed by atoms with Crippen LogP contribution in [0.1, 0.15) is 22.8 Å². The van der Waals surface area contributed by atoms with Crippen molar-refractivity contribution in [1.29, 1.82) is 0 Å². The first-order valence-corrected chi connectivity index (χ1v) is 10.2. The Morgan fingerprint density at radius 3 is 2.45 bits per heavy atom. The average molecular weight is 417 g/mol. The number of ether oxygens (including phenoxy) is 1. The van der Waals surface area contributed by atoms with Gasteiger partial charge in [0.2, 0.25) is 10.0 Å². The summed E-state index contributed by atoms with van der Waals surface area (Å²) in [4.78, 5) is 11.7. The van der Waals surface area contributed by atoms with Gasteiger partial charge in [-0.3, -0.25) is 4.79 Å². The normalized spacial score (nSPS) is 12.7. The number of carbonyl (C=O) groups is 1. The molecule has 0 bridgehead atoms. The number of aliphatic hydroxyl groups is 1. The molecule has 0 fully saturated rings. The number of hydrogen-bond donors (Lipinski definition) is 2. The van der Waals surface area contributed by atoms with Gasteiger partial charge in [0.1, 0.15) is 11.9 Å². The lowest BCUT2D eigenvalue weighted by Crippen LogP contribution is -2.18. The molecule has 0 radical (unpaired) electrons. The zero-order chi connectivity index (χ0) is 21.2. The van der Waals surface area contributed by atoms with Crippen molar-refractivity contribution in [3.63, 3.8) is 0 Å². The predicted octanol–water partition coefficient (Wildman–Crippen LogP) is 2.68. The highest BCUT2D eigenvalue weighted by Gasteiger charge is 2.18. The van der Waals surface area contributed by atoms with E-state index in [0.717, 1.165) is 0 Å². The number of carbonyl (C=O) groups excluding carboxylic acids is 1. The molecule has 0 saturated heterocycles. The molecule has 0 heterocycles. The Labute approximate surface area is 168 Å². The monoisotopic (exact) mass is 417 g/mol. The number of fused-ring (bicyclic) bond motifs is 1. The van der Waals surface area contributed by atoms with Crippen LogP contribution in [0.2, 0.25) is 0 Å². The minimum absolute atomic E-state index is 0.00286. The fraction of sp³-hybridized carbons (Fsp3) is 0.190. The van der Waals surface area contributed by atoms with E-state index < -0.39 is 27.9 Å². The van der Waals surface area contributed by atoms with Crippen molar-refractivity contribution in [2.45, 2.75) is 17.4 Å². The first kappa shape index (κ1) is 20.9. The second kappa shape index (κ2) is 8.28. The van der Waals surface area contributed by atoms with Gasteiger partial charge in [0, 0.05) is 0 Å². The van der Waals surface area contributed by atoms with E-state index in [9.17, 15) is 22.7 Å². The summed E-state index contributed by atoms with van der Waals surface area (Å²) in [5.41, 5.74) is 1.45. The van der Waals surface area contributed by atoms with Crippen LogP contribution in [-0.2, 0) is 26.0 Å². The van der Waals surface area contributed by atoms with E-state index in [1.165, 1.54) is 50.6 Å². The van der Waals surface area contributed by atoms with Crippen LogP contribution in [0.4, 0.5) is 4.39 Å². The molecule has 29 heavy (non-hydrogen) atoms. The third kappa shape index (κ3) is 4.45. The maximum Gasteiger partial charge on any atom is 0.309 e. The van der Waals surface area contributed by atoms with Gasteiger partial charge in [0.15, 0.2) is 0 Å². The molecule has 0 aliphatic heterocycles. The average Bonchev–Trinajstić information content (AvgIpc) is 2.73. The van der Waals surface area contributed by atoms with E-state index >= 15 is 0 Å². The van der Waals surface area contributed by atoms with Crippen molar-refractivity contribution in [3.8, 4) is 0 Å². The minimum Gasteiger partial charge on any atom is -0.469 e. The zero-order valence-corrected chi connectivity index (χ0v) is 16.7. The lowest BCUT2D eigenvalue weighted by molar-refractivity contribution is -0.139. The molecule has 152 valence electrons. The maximum atomic E-state index is 13.8. The van der Waals surface area contributed by atoms with E-state index in [1.807, 2.05) is 0 Å². The summed E-state index contributed by atoms with van der Waals surface area (Å²) in [5.74, 6) is -0.893. The fourth-order valence-electron chi connectivity index (χ4n) is 3.12. The largest absolute Gasteiger partial charge is 0.469 e. The van der Waals surface area contributed by atoms with Gasteiger partial charge in [-0.2, -0.15) is 0 Å². The molecule has 0 aliphatic carbocycles. The number of esters is 1. The molecule has 0 spiro atoms. The third-order valence-corrected chi connectivity index (χ3v) is 6.08. The topological polar surface area (TPSA) is 92.7 Å². The zero-order valence-electron chi connectivity index (χ0n) is 15.8. The van der Waals surface area contributed by atoms with Crippen LogP contribution in [0.25, 0.3) is 10.8 Å². The second-order valence-corrected chi connectivity index (χ2v) is 8.37. The SMILES string of the molecule is CNS(=O)(=O)c1ccc(C(O)c2cc(CC(=O)OC)cc3ccc(F)cc23)cc1. The Hall–Kier alpha value is -2.81. The van der Waals surface area contributed by atoms with Gasteiger partial charge in [-0.05, 0) is 58.8 Å². The Bertz CT molecular complexity index is 1160. The summed E-state index contributed by atoms with van der Waals surface area (Å²) >= 11 is 0. The smallest absolute Gasteiger partial charge is 0.309 e. The summed E-state index contributed by atoms with van der Waals surface area (Å²) in [6.45, 7) is 0. The molecule has 0 amide bonds. The van der Waals surface area contributed by atoms with Crippen LogP contribution in [0, 0.1) is 5.82 Å². The standard InChI is InChI=1S/C21H20FNO5S/c1-23-29(26,27)17-7-4-14(5-8-17)21(25)19-10-13(11-20(24)28-2)9-15-3-6-16(22)12-18(15)19/h3-10,12,21,23,25H,11H2,1-2H3. The highest BCUT2D eigenvalue weighted by molar-refractivity contribution is 7.89. The molecule has 3 aromatic carbocycles. The van der Waals surface area contributed by atoms with Crippen LogP contribution >= 0.6 is 0 Å². The van der Waals surface area contributed by atoms with Crippen molar-refractivity contribution >= 4 is 26.8 Å². The second-order valence-electron chi connectivity index (χ2n) is 6.48. The molecule has 0 aromatic heterocycles. The van der Waals surface area contributed by atoms with Gasteiger partial charge in [-0.15, -0.1) is 0 Å². The first-order chi connectivity index (χ1) is 13.7. The third-order valence-electron chi connectivity index (χ3n) is 4.65. The molecule has 2 N–H and O–H groups in total. The minimum atomic E-state index is -3.60. The Balaban J connectivity index is 2.09. The van der Waals surface area contributed by atoms with Crippen molar-refractivity contribution in [3.05, 3.63) is 77.1 Å². The fourth-order valence-corrected chi connectivity index (χ4v) is 3.85. The molecule has 3 rings (SSSR count). The summed E-state index contributed by atoms with van der Waals surface area (Å²) in [7, 11) is -1.00. The van der Waals surface area contributed by atoms with Gasteiger partial charge in [-0.25, -0.2) is 17.5 Å². The van der Waals surface area contributed by atoms with Crippen LogP contribution < -0.4 is 4.72 Å². The van der Waals surface area contributed by atoms with Crippen LogP contribution in [-0.4, -0.2) is 33.7 Å². The van der Waals surface area contributed by atoms with E-state index in [2.05, 4.69) is 4.72 Å². The quantitative estimate of drug-likeness (QED) is 0.602. The van der Waals surface area contributed by atoms with E-state index in [1.54, 1.807) is 18.2 Å². The Kier molecular flexibility index (Phi) is 5.97. The first-order valence-electron chi connectivity index (χ1n) is 8.75. The molecule has 6 nitrogen and oxygen atoms in total. The van der Waals surface area contributed by atoms with Crippen LogP contribution in [0.15, 0.2) is 59.5 Å². The van der Waals surface area contributed by atoms with Crippen molar-refractivity contribution < 1.29 is 27.4 Å². The highest BCUT2D eigenvalue weighted by atomic mass is 32.2. The molecule has 1 atom stereocenters. The number of sulfonamides is 1. The molecule has 3 aromatic rings. The Morgan fingerprint density at radius 1 is 1.14 bits per heavy atom. The molecule has 1 unspecified atom stereocenters. The number of nitrogens with one attached hydrogen (secondary N) is 1. The van der Waals surface area contributed by atoms with Gasteiger partial charge >= 0.3 is 5.97 Å². The van der Waals surface area contributed by atoms with Gasteiger partial charge in [-0.1, -0.05) is 30.3 Å². The number of methoxy groups -OCH3 is 1. The van der Waals surface area contributed by atoms with Gasteiger partial charge in [0.05, 0.1) is 18.4 Å². The van der Waals surface area contributed by atoms with E-state index in [4.69, 9.17) is 4.74 Å². The lowest BCUT2D eigenvalue weighted by Gasteiger charge is -2.17. The van der Waals surface area contributed by atoms with Gasteiger partial charge in [0.25, 0.3) is 0 Å². The number of hydrogen-bond acceptors (Lipinski definition) is 5. The van der Waals surface area contributed by atoms with Crippen LogP contribution in [0.5, 0.6) is 0 Å². The summed E-state index contributed by atoms with van der Waals surface area (Å²) in [6, 6.07) is 13.3. The number of benzene rings is 3. The van der Waals surface area contributed by atoms with Crippen LogP contribution in [0.3, 0.4) is 0 Å². The van der Waals surface area contributed by atoms with Crippen molar-refractivity contribution in [2.24, 2.45) is 0 Å². The summed E-state index contributed by atoms with van der Waals surface area (Å²) in [6.07, 6.45) is -1.15. The van der Waals surface area contributed by atoms with Gasteiger partial charge < -0.3 is 9.84 Å². The highest BCUT2D eigenvalue weighted by Crippen LogP contribution is 2.31. The summed E-state index contributed by atoms with van der Waals surface area (Å²) in [5, 5.41) is 12.1. The van der Waals surface area contributed by atoms with Crippen molar-refractivity contribution in [2.75, 3.05) is 14.2 Å². The van der Waals surface area contributed by atoms with E-state index in [0.29, 0.717) is 27.5 Å². The number of rotatable bonds is 6. The molecular weight excluding hydrogens is 397 g/mol. The maximum absolute atomic E-state index is 13.8. The Morgan fingerprint density at radius 2 is 1.83 bits per heavy atom. The van der Waals surface area contributed by atoms with E-state index in [-0.39, 0.29) is 11.3 Å². The predicted molar refractivity (Wildman–Crippen MR) is 106 cm³/mol. The molecule has 8 heteroatoms. The number of halogens is 1. The molecular formula is C21H20FNO5S. The summed E-state index contributed by atoms with van der Waals surface area (Å²) < 4.78 is 44.5.